The van der Waals surface area contributed by atoms with Gasteiger partial charge in [-0.3, -0.25) is 4.79 Å². The first-order valence-corrected chi connectivity index (χ1v) is 11.6. The van der Waals surface area contributed by atoms with Crippen molar-refractivity contribution in [2.75, 3.05) is 5.32 Å². The van der Waals surface area contributed by atoms with E-state index in [1.54, 1.807) is 54.6 Å². The Hall–Kier alpha value is -3.55. The summed E-state index contributed by atoms with van der Waals surface area (Å²) in [6.07, 6.45) is 1.30. The number of hydrogen-bond donors (Lipinski definition) is 1. The molecule has 1 aromatic heterocycles. The van der Waals surface area contributed by atoms with Crippen LogP contribution in [0, 0.1) is 0 Å². The number of sulfone groups is 1. The first-order chi connectivity index (χ1) is 15.4. The van der Waals surface area contributed by atoms with Gasteiger partial charge >= 0.3 is 0 Å². The summed E-state index contributed by atoms with van der Waals surface area (Å²) in [7, 11) is -3.62. The predicted molar refractivity (Wildman–Crippen MR) is 122 cm³/mol. The van der Waals surface area contributed by atoms with Crippen LogP contribution in [0.4, 0.5) is 5.69 Å². The van der Waals surface area contributed by atoms with Crippen molar-refractivity contribution in [3.63, 3.8) is 0 Å². The normalized spacial score (nSPS) is 11.2. The fourth-order valence-electron chi connectivity index (χ4n) is 3.01. The van der Waals surface area contributed by atoms with Crippen molar-refractivity contribution in [1.29, 1.82) is 0 Å². The van der Waals surface area contributed by atoms with Gasteiger partial charge in [-0.25, -0.2) is 8.42 Å². The second-order valence-electron chi connectivity index (χ2n) is 6.86. The molecule has 0 saturated heterocycles. The molecule has 0 spiro atoms. The van der Waals surface area contributed by atoms with E-state index in [-0.39, 0.29) is 22.0 Å². The lowest BCUT2D eigenvalue weighted by Crippen LogP contribution is -2.14. The van der Waals surface area contributed by atoms with E-state index in [9.17, 15) is 13.2 Å². The van der Waals surface area contributed by atoms with Gasteiger partial charge in [-0.1, -0.05) is 41.9 Å². The summed E-state index contributed by atoms with van der Waals surface area (Å²) in [5.74, 6) is 0.115. The number of benzene rings is 3. The highest BCUT2D eigenvalue weighted by molar-refractivity contribution is 7.90. The third-order valence-corrected chi connectivity index (χ3v) is 6.57. The van der Waals surface area contributed by atoms with Crippen molar-refractivity contribution < 1.29 is 22.4 Å². The molecule has 8 heteroatoms. The van der Waals surface area contributed by atoms with Crippen LogP contribution in [0.15, 0.2) is 101 Å². The van der Waals surface area contributed by atoms with Crippen molar-refractivity contribution in [3.8, 4) is 11.5 Å². The van der Waals surface area contributed by atoms with Crippen molar-refractivity contribution in [3.05, 3.63) is 108 Å². The third-order valence-electron chi connectivity index (χ3n) is 4.58. The van der Waals surface area contributed by atoms with Crippen molar-refractivity contribution in [2.24, 2.45) is 0 Å². The predicted octanol–water partition coefficient (Wildman–Crippen LogP) is 5.95. The minimum Gasteiger partial charge on any atom is -0.459 e. The summed E-state index contributed by atoms with van der Waals surface area (Å²) < 4.78 is 36.3. The lowest BCUT2D eigenvalue weighted by molar-refractivity contribution is 0.0995. The number of ether oxygens (including phenoxy) is 1. The fourth-order valence-corrected chi connectivity index (χ4v) is 4.56. The van der Waals surface area contributed by atoms with Crippen LogP contribution in [0.1, 0.15) is 16.1 Å². The molecule has 0 bridgehead atoms. The summed E-state index contributed by atoms with van der Waals surface area (Å²) in [6.45, 7) is 0. The average Bonchev–Trinajstić information content (AvgIpc) is 3.25. The topological polar surface area (TPSA) is 85.6 Å². The summed E-state index contributed by atoms with van der Waals surface area (Å²) in [6, 6.07) is 23.3. The molecule has 0 radical (unpaired) electrons. The SMILES string of the molecule is O=C(Nc1ccc(Oc2ccccc2Cl)cc1)c1occc1CS(=O)(=O)c1ccccc1. The van der Waals surface area contributed by atoms with E-state index in [0.29, 0.717) is 22.2 Å². The highest BCUT2D eigenvalue weighted by Crippen LogP contribution is 2.29. The first kappa shape index (κ1) is 21.7. The Kier molecular flexibility index (Phi) is 6.30. The molecule has 162 valence electrons. The molecule has 0 fully saturated rings. The molecule has 1 amide bonds. The van der Waals surface area contributed by atoms with Crippen LogP contribution in [-0.4, -0.2) is 14.3 Å². The molecular weight excluding hydrogens is 450 g/mol. The second-order valence-corrected chi connectivity index (χ2v) is 9.25. The molecule has 0 aliphatic carbocycles. The van der Waals surface area contributed by atoms with E-state index in [4.69, 9.17) is 20.8 Å². The van der Waals surface area contributed by atoms with E-state index in [2.05, 4.69) is 5.32 Å². The van der Waals surface area contributed by atoms with Crippen molar-refractivity contribution in [1.82, 2.24) is 0 Å². The van der Waals surface area contributed by atoms with Gasteiger partial charge < -0.3 is 14.5 Å². The average molecular weight is 468 g/mol. The van der Waals surface area contributed by atoms with Gasteiger partial charge in [-0.15, -0.1) is 0 Å². The van der Waals surface area contributed by atoms with Crippen LogP contribution in [-0.2, 0) is 15.6 Å². The quantitative estimate of drug-likeness (QED) is 0.363. The van der Waals surface area contributed by atoms with Gasteiger partial charge in [0, 0.05) is 11.3 Å². The minimum absolute atomic E-state index is 0.0547. The largest absolute Gasteiger partial charge is 0.459 e. The molecule has 4 aromatic rings. The Balaban J connectivity index is 1.45. The molecule has 1 heterocycles. The Bertz CT molecular complexity index is 1330. The van der Waals surface area contributed by atoms with E-state index in [1.165, 1.54) is 24.5 Å². The number of anilines is 1. The zero-order chi connectivity index (χ0) is 22.6. The Morgan fingerprint density at radius 1 is 0.906 bits per heavy atom. The molecule has 4 rings (SSSR count). The summed E-state index contributed by atoms with van der Waals surface area (Å²) in [5, 5.41) is 3.19. The smallest absolute Gasteiger partial charge is 0.291 e. The van der Waals surface area contributed by atoms with E-state index >= 15 is 0 Å². The number of furan rings is 1. The van der Waals surface area contributed by atoms with Gasteiger partial charge in [-0.05, 0) is 54.6 Å². The number of carbonyl (C=O) groups is 1. The molecule has 0 unspecified atom stereocenters. The zero-order valence-corrected chi connectivity index (χ0v) is 18.3. The van der Waals surface area contributed by atoms with Crippen LogP contribution < -0.4 is 10.1 Å². The molecule has 0 atom stereocenters. The molecule has 0 aliphatic heterocycles. The van der Waals surface area contributed by atoms with Crippen LogP contribution in [0.3, 0.4) is 0 Å². The number of carbonyl (C=O) groups excluding carboxylic acids is 1. The van der Waals surface area contributed by atoms with Gasteiger partial charge in [-0.2, -0.15) is 0 Å². The lowest BCUT2D eigenvalue weighted by atomic mass is 10.2. The molecule has 32 heavy (non-hydrogen) atoms. The molecule has 3 aromatic carbocycles. The van der Waals surface area contributed by atoms with Crippen LogP contribution in [0.5, 0.6) is 11.5 Å². The minimum atomic E-state index is -3.62. The summed E-state index contributed by atoms with van der Waals surface area (Å²) in [4.78, 5) is 12.9. The van der Waals surface area contributed by atoms with Gasteiger partial charge in [0.2, 0.25) is 0 Å². The monoisotopic (exact) mass is 467 g/mol. The standard InChI is InChI=1S/C24H18ClNO5S/c25-21-8-4-5-9-22(21)31-19-12-10-18(11-13-19)26-24(27)23-17(14-15-30-23)16-32(28,29)20-6-2-1-3-7-20/h1-15H,16H2,(H,26,27). The molecule has 0 saturated carbocycles. The van der Waals surface area contributed by atoms with Crippen molar-refractivity contribution in [2.45, 2.75) is 10.6 Å². The number of nitrogens with one attached hydrogen (secondary N) is 1. The zero-order valence-electron chi connectivity index (χ0n) is 16.7. The third kappa shape index (κ3) is 5.01. The highest BCUT2D eigenvalue weighted by atomic mass is 35.5. The Labute approximate surface area is 190 Å². The van der Waals surface area contributed by atoms with E-state index < -0.39 is 15.7 Å². The molecule has 6 nitrogen and oxygen atoms in total. The Morgan fingerprint density at radius 3 is 2.31 bits per heavy atom. The van der Waals surface area contributed by atoms with Crippen LogP contribution >= 0.6 is 11.6 Å². The maximum absolute atomic E-state index is 12.7. The van der Waals surface area contributed by atoms with E-state index in [1.807, 2.05) is 12.1 Å². The fraction of sp³-hybridized carbons (Fsp3) is 0.0417. The number of para-hydroxylation sites is 1. The Morgan fingerprint density at radius 2 is 1.59 bits per heavy atom. The summed E-state index contributed by atoms with van der Waals surface area (Å²) in [5.41, 5.74) is 0.778. The van der Waals surface area contributed by atoms with Crippen LogP contribution in [0.2, 0.25) is 5.02 Å². The highest BCUT2D eigenvalue weighted by Gasteiger charge is 2.22. The van der Waals surface area contributed by atoms with Gasteiger partial charge in [0.1, 0.15) is 11.5 Å². The number of hydrogen-bond acceptors (Lipinski definition) is 5. The lowest BCUT2D eigenvalue weighted by Gasteiger charge is -2.09. The number of halogens is 1. The number of rotatable bonds is 7. The summed E-state index contributed by atoms with van der Waals surface area (Å²) >= 11 is 6.10. The maximum Gasteiger partial charge on any atom is 0.291 e. The molecular formula is C24H18ClNO5S. The molecule has 1 N–H and O–H groups in total. The van der Waals surface area contributed by atoms with Crippen molar-refractivity contribution >= 4 is 33.0 Å². The maximum atomic E-state index is 12.7. The van der Waals surface area contributed by atoms with Gasteiger partial charge in [0.05, 0.1) is 21.9 Å². The van der Waals surface area contributed by atoms with E-state index in [0.717, 1.165) is 0 Å². The second kappa shape index (κ2) is 9.30. The van der Waals surface area contributed by atoms with Gasteiger partial charge in [0.15, 0.2) is 15.6 Å². The number of amides is 1. The first-order valence-electron chi connectivity index (χ1n) is 9.60. The molecule has 0 aliphatic rings. The van der Waals surface area contributed by atoms with Crippen LogP contribution in [0.25, 0.3) is 0 Å². The van der Waals surface area contributed by atoms with Gasteiger partial charge in [0.25, 0.3) is 5.91 Å².